The molecule has 0 amide bonds. The van der Waals surface area contributed by atoms with Crippen molar-refractivity contribution in [1.82, 2.24) is 15.0 Å². The Balaban J connectivity index is 0.586. The van der Waals surface area contributed by atoms with E-state index in [-0.39, 0.29) is 23.0 Å². The van der Waals surface area contributed by atoms with E-state index in [1.807, 2.05) is 0 Å². The fraction of sp³-hybridized carbons (Fsp3) is 0.133. The minimum Gasteiger partial charge on any atom is -0.311 e. The highest BCUT2D eigenvalue weighted by molar-refractivity contribution is 6.97. The van der Waals surface area contributed by atoms with E-state index < -0.39 is 0 Å². The summed E-state index contributed by atoms with van der Waals surface area (Å²) in [5, 5.41) is 0. The number of benzene rings is 18. The van der Waals surface area contributed by atoms with E-state index in [9.17, 15) is 0 Å². The summed E-state index contributed by atoms with van der Waals surface area (Å²) in [4.78, 5) is 30.6. The average molecular weight is 1790 g/mol. The molecule has 0 unspecified atom stereocenters. The van der Waals surface area contributed by atoms with E-state index in [1.165, 1.54) is 117 Å². The van der Waals surface area contributed by atoms with Gasteiger partial charge in [0.25, 0.3) is 0 Å². The zero-order valence-electron chi connectivity index (χ0n) is 80.4. The molecule has 0 aliphatic carbocycles. The minimum atomic E-state index is -0.362. The van der Waals surface area contributed by atoms with Gasteiger partial charge in [0.15, 0.2) is 17.5 Å². The van der Waals surface area contributed by atoms with E-state index in [1.54, 1.807) is 0 Å². The molecule has 1 aromatic heterocycles. The predicted molar refractivity (Wildman–Crippen MR) is 580 cm³/mol. The molecule has 0 atom stereocenters. The second-order valence-corrected chi connectivity index (χ2v) is 38.9. The van der Waals surface area contributed by atoms with Gasteiger partial charge in [-0.1, -0.05) is 296 Å². The molecular weight excluding hydrogens is 1670 g/mol. The zero-order valence-corrected chi connectivity index (χ0v) is 80.4. The molecule has 22 rings (SSSR count). The lowest BCUT2D eigenvalue weighted by Gasteiger charge is -2.44. The predicted octanol–water partition coefficient (Wildman–Crippen LogP) is 31.9. The lowest BCUT2D eigenvalue weighted by atomic mass is 9.33. The minimum absolute atomic E-state index is 0.0618. The smallest absolute Gasteiger partial charge is 0.243 e. The first-order chi connectivity index (χ1) is 67.2. The quantitative estimate of drug-likeness (QED) is 0.0655. The number of rotatable bonds is 21. The summed E-state index contributed by atoms with van der Waals surface area (Å²) in [6.45, 7) is 28.1. The molecule has 3 aliphatic rings. The Morgan fingerprint density at radius 2 is 0.457 bits per heavy atom. The molecule has 0 N–H and O–H groups in total. The van der Waals surface area contributed by atoms with Gasteiger partial charge in [-0.3, -0.25) is 0 Å². The summed E-state index contributed by atoms with van der Waals surface area (Å²) < 4.78 is 0. The highest BCUT2D eigenvalue weighted by Crippen LogP contribution is 2.57. The Hall–Kier alpha value is -16.2. The van der Waals surface area contributed by atoms with Crippen molar-refractivity contribution in [2.45, 2.75) is 112 Å². The summed E-state index contributed by atoms with van der Waals surface area (Å²) in [6, 6.07) is 155. The van der Waals surface area contributed by atoms with Crippen molar-refractivity contribution < 1.29 is 0 Å². The molecule has 18 aromatic carbocycles. The van der Waals surface area contributed by atoms with Crippen LogP contribution in [0.4, 0.5) is 102 Å². The Morgan fingerprint density at radius 3 is 0.739 bits per heavy atom. The summed E-state index contributed by atoms with van der Waals surface area (Å²) in [5.74, 6) is 1.77. The Morgan fingerprint density at radius 1 is 0.232 bits per heavy atom. The lowest BCUT2D eigenvalue weighted by Crippen LogP contribution is -2.57. The van der Waals surface area contributed by atoms with Crippen LogP contribution in [0.5, 0.6) is 0 Å². The molecule has 19 aromatic rings. The number of nitrogens with zero attached hydrogens (tertiary/aromatic N) is 9. The SMILES string of the molecule is Cc1cc(C)c(B(c2c(C)cc(CCC3(C)c4ccccc4N(c4ccc(-c5nc(-c6ccc(N7c8ccccc8C(C)(C)c8ccccc87)cc6)nc(-c6ccc(N7c8ccccc8C(C)(C)c8ccccc87)cc6)n5)cc4)c4ccccc43)cc2C)c2c(C)cc(N(c3ccc(N(c4ccccc4)c4ccccc4)cc3)c3ccc(N(c4ccccc4)c4ccccc4)cc3)cc2C)c(C)c1. The first kappa shape index (κ1) is 87.2. The second kappa shape index (κ2) is 35.6. The van der Waals surface area contributed by atoms with Crippen LogP contribution in [0.3, 0.4) is 0 Å². The maximum Gasteiger partial charge on any atom is 0.243 e. The van der Waals surface area contributed by atoms with Crippen LogP contribution >= 0.6 is 0 Å². The summed E-state index contributed by atoms with van der Waals surface area (Å²) in [6.07, 6.45) is 1.75. The lowest BCUT2D eigenvalue weighted by molar-refractivity contribution is 0.515. The van der Waals surface area contributed by atoms with E-state index in [0.717, 1.165) is 109 Å². The number of fused-ring (bicyclic) bond motifs is 6. The standard InChI is InChI=1S/C128H110BN9/c1-85-79-86(2)120(87(3)80-85)129(122-90(6)83-107(84-91(122)7)135(102-73-69-100(70-74-102)133(96-37-17-13-18-38-96)97-39-19-14-20-40-97)103-75-71-101(72-76-103)134(98-41-21-15-22-42-98)99-43-23-16-24-44-99)121-88(4)81-92(82-89(121)5)77-78-128(12)112-49-29-35-55-118(112)138(119-56-36-30-50-113(119)128)106-67-61-95(62-68-106)125-131-123(93-57-63-104(64-58-93)136-114-51-31-25-45-108(114)126(8,9)109-46-26-32-52-115(109)136)130-124(132-125)94-59-65-105(66-60-94)137-116-53-33-27-47-110(116)127(10,11)111-48-28-34-54-117(111)137/h13-76,79-84H,77-78H2,1-12H3. The first-order valence-electron chi connectivity index (χ1n) is 48.4. The number of anilines is 18. The monoisotopic (exact) mass is 1780 g/mol. The van der Waals surface area contributed by atoms with Gasteiger partial charge in [-0.05, 0) is 319 Å². The van der Waals surface area contributed by atoms with Crippen molar-refractivity contribution in [3.8, 4) is 34.2 Å². The molecule has 670 valence electrons. The molecule has 10 heteroatoms. The van der Waals surface area contributed by atoms with E-state index in [4.69, 9.17) is 15.0 Å². The third-order valence-corrected chi connectivity index (χ3v) is 29.3. The fourth-order valence-corrected chi connectivity index (χ4v) is 22.9. The molecule has 0 bridgehead atoms. The molecule has 3 aliphatic heterocycles. The van der Waals surface area contributed by atoms with Crippen LogP contribution in [-0.4, -0.2) is 21.7 Å². The van der Waals surface area contributed by atoms with Gasteiger partial charge in [-0.15, -0.1) is 0 Å². The van der Waals surface area contributed by atoms with Crippen molar-refractivity contribution in [3.63, 3.8) is 0 Å². The molecule has 9 nitrogen and oxygen atoms in total. The molecule has 4 heterocycles. The molecule has 0 saturated heterocycles. The van der Waals surface area contributed by atoms with Gasteiger partial charge in [-0.2, -0.15) is 0 Å². The van der Waals surface area contributed by atoms with Crippen LogP contribution in [0.2, 0.25) is 0 Å². The van der Waals surface area contributed by atoms with Gasteiger partial charge in [-0.25, -0.2) is 15.0 Å². The van der Waals surface area contributed by atoms with Crippen molar-refractivity contribution in [1.29, 1.82) is 0 Å². The molecule has 0 saturated carbocycles. The van der Waals surface area contributed by atoms with Crippen molar-refractivity contribution in [2.75, 3.05) is 29.4 Å². The molecule has 138 heavy (non-hydrogen) atoms. The van der Waals surface area contributed by atoms with Crippen LogP contribution in [-0.2, 0) is 22.7 Å². The van der Waals surface area contributed by atoms with E-state index in [2.05, 4.69) is 537 Å². The largest absolute Gasteiger partial charge is 0.311 e. The zero-order chi connectivity index (χ0) is 94.2. The number of hydrogen-bond acceptors (Lipinski definition) is 9. The number of aromatic nitrogens is 3. The van der Waals surface area contributed by atoms with Gasteiger partial charge in [0.2, 0.25) is 6.71 Å². The van der Waals surface area contributed by atoms with Crippen molar-refractivity contribution >= 4 is 125 Å². The normalized spacial score (nSPS) is 13.4. The van der Waals surface area contributed by atoms with E-state index >= 15 is 0 Å². The van der Waals surface area contributed by atoms with Crippen LogP contribution in [0.15, 0.2) is 425 Å². The topological polar surface area (TPSA) is 58.1 Å². The maximum atomic E-state index is 5.43. The highest BCUT2D eigenvalue weighted by atomic mass is 15.2. The van der Waals surface area contributed by atoms with Crippen molar-refractivity contribution in [2.24, 2.45) is 0 Å². The van der Waals surface area contributed by atoms with Gasteiger partial charge in [0.1, 0.15) is 0 Å². The molecule has 0 fully saturated rings. The number of hydrogen-bond donors (Lipinski definition) is 0. The summed E-state index contributed by atoms with van der Waals surface area (Å²) in [7, 11) is 0. The first-order valence-corrected chi connectivity index (χ1v) is 48.4. The summed E-state index contributed by atoms with van der Waals surface area (Å²) in [5.41, 5.74) is 43.8. The number of aryl methyl sites for hydroxylation is 8. The van der Waals surface area contributed by atoms with Gasteiger partial charge in [0.05, 0.1) is 34.1 Å². The third-order valence-electron chi connectivity index (χ3n) is 29.3. The molecule has 0 spiro atoms. The van der Waals surface area contributed by atoms with Crippen LogP contribution < -0.4 is 45.8 Å². The Bertz CT molecular complexity index is 7210. The van der Waals surface area contributed by atoms with Crippen molar-refractivity contribution in [3.05, 3.63) is 503 Å². The average Bonchev–Trinajstić information content (AvgIpc) is 0.715. The summed E-state index contributed by atoms with van der Waals surface area (Å²) >= 11 is 0. The fourth-order valence-electron chi connectivity index (χ4n) is 22.9. The van der Waals surface area contributed by atoms with Crippen LogP contribution in [0, 0.1) is 48.5 Å². The van der Waals surface area contributed by atoms with Crippen LogP contribution in [0.1, 0.15) is 119 Å². The third kappa shape index (κ3) is 15.6. The number of para-hydroxylation sites is 10. The van der Waals surface area contributed by atoms with Gasteiger partial charge >= 0.3 is 0 Å². The second-order valence-electron chi connectivity index (χ2n) is 38.9. The maximum absolute atomic E-state index is 5.43. The Kier molecular flexibility index (Phi) is 22.5. The molecular formula is C128H110BN9. The van der Waals surface area contributed by atoms with Crippen LogP contribution in [0.25, 0.3) is 34.2 Å². The molecule has 0 radical (unpaired) electrons. The van der Waals surface area contributed by atoms with Gasteiger partial charge in [0, 0.05) is 101 Å². The highest BCUT2D eigenvalue weighted by Gasteiger charge is 2.43. The Labute approximate surface area is 813 Å². The van der Waals surface area contributed by atoms with Gasteiger partial charge < -0.3 is 29.4 Å². The van der Waals surface area contributed by atoms with E-state index in [0.29, 0.717) is 17.5 Å².